The number of para-hydroxylation sites is 2. The first-order valence-electron chi connectivity index (χ1n) is 21.7. The van der Waals surface area contributed by atoms with Crippen molar-refractivity contribution in [2.24, 2.45) is 11.8 Å². The van der Waals surface area contributed by atoms with Crippen LogP contribution < -0.4 is 4.90 Å². The van der Waals surface area contributed by atoms with Gasteiger partial charge in [0.1, 0.15) is 22.7 Å². The lowest BCUT2D eigenvalue weighted by atomic mass is 9.91. The number of fused-ring (bicyclic) bond motifs is 1. The van der Waals surface area contributed by atoms with Crippen LogP contribution in [0.15, 0.2) is 115 Å². The van der Waals surface area contributed by atoms with Gasteiger partial charge in [-0.1, -0.05) is 128 Å². The van der Waals surface area contributed by atoms with Gasteiger partial charge in [-0.3, -0.25) is 9.97 Å². The average molecular weight is 863 g/mol. The number of nitrogens with zero attached hydrogens (tertiary/aromatic N) is 4. The summed E-state index contributed by atoms with van der Waals surface area (Å²) in [4.78, 5) is 30.8. The lowest BCUT2D eigenvalue weighted by Crippen LogP contribution is -2.09. The van der Waals surface area contributed by atoms with Crippen LogP contribution in [0.3, 0.4) is 0 Å². The van der Waals surface area contributed by atoms with Crippen molar-refractivity contribution in [2.75, 3.05) is 4.90 Å². The Morgan fingerprint density at radius 1 is 0.689 bits per heavy atom. The minimum Gasteiger partial charge on any atom is -0.477 e. The number of rotatable bonds is 20. The molecule has 61 heavy (non-hydrogen) atoms. The second kappa shape index (κ2) is 20.9. The van der Waals surface area contributed by atoms with E-state index in [1.54, 1.807) is 35.1 Å². The molecule has 2 unspecified atom stereocenters. The number of anilines is 3. The Morgan fingerprint density at radius 2 is 1.20 bits per heavy atom. The summed E-state index contributed by atoms with van der Waals surface area (Å²) in [5, 5.41) is 19.4. The second-order valence-corrected chi connectivity index (χ2v) is 18.9. The van der Waals surface area contributed by atoms with Gasteiger partial charge in [0, 0.05) is 39.2 Å². The second-order valence-electron chi connectivity index (χ2n) is 15.8. The largest absolute Gasteiger partial charge is 0.477 e. The van der Waals surface area contributed by atoms with Crippen molar-refractivity contribution in [1.29, 1.82) is 5.26 Å². The van der Waals surface area contributed by atoms with Gasteiger partial charge in [0.25, 0.3) is 0 Å². The van der Waals surface area contributed by atoms with E-state index in [0.29, 0.717) is 11.8 Å². The van der Waals surface area contributed by atoms with E-state index in [4.69, 9.17) is 9.97 Å². The van der Waals surface area contributed by atoms with Crippen LogP contribution in [0.25, 0.3) is 47.1 Å². The van der Waals surface area contributed by atoms with E-state index < -0.39 is 5.97 Å². The Labute approximate surface area is 372 Å². The van der Waals surface area contributed by atoms with Crippen LogP contribution in [0.1, 0.15) is 95.1 Å². The number of hydrogen-bond donors (Lipinski definition) is 1. The van der Waals surface area contributed by atoms with Crippen molar-refractivity contribution in [1.82, 2.24) is 9.97 Å². The van der Waals surface area contributed by atoms with E-state index in [-0.39, 0.29) is 5.57 Å². The van der Waals surface area contributed by atoms with E-state index in [0.717, 1.165) is 86.1 Å². The Morgan fingerprint density at radius 3 is 1.69 bits per heavy atom. The van der Waals surface area contributed by atoms with Crippen molar-refractivity contribution in [3.05, 3.63) is 131 Å². The van der Waals surface area contributed by atoms with Gasteiger partial charge in [0.05, 0.1) is 19.5 Å². The Hall–Kier alpha value is -5.40. The first-order chi connectivity index (χ1) is 29.8. The Balaban J connectivity index is 1.35. The predicted molar refractivity (Wildman–Crippen MR) is 259 cm³/mol. The SMILES string of the molecule is CCCCC(CC)Cc1cc(/C=C(\C#N)C(=O)O)sc1-c1sc(-c2sc(-c3ccc(N(c4ccccc4)c4ccccc4)cc3)cc2CC(CC)CCCC)c2nccnc12. The molecule has 312 valence electrons. The normalized spacial score (nSPS) is 12.7. The number of carboxylic acid groups (broad SMARTS) is 1. The van der Waals surface area contributed by atoms with Crippen LogP contribution in [-0.4, -0.2) is 21.0 Å². The van der Waals surface area contributed by atoms with Gasteiger partial charge in [-0.15, -0.1) is 34.0 Å². The molecule has 2 atom stereocenters. The fraction of sp³-hybridized carbons (Fsp3) is 0.308. The quantitative estimate of drug-likeness (QED) is 0.0606. The zero-order valence-electron chi connectivity index (χ0n) is 35.6. The van der Waals surface area contributed by atoms with Crippen molar-refractivity contribution < 1.29 is 9.90 Å². The standard InChI is InChI=1S/C52H54N4O2S3/c1-5-9-17-35(7-3)29-38-31-44(32-40(34-53)52(57)58)59-48(38)50-46-47(55-28-27-54-46)51(61-50)49-39(30-36(8-4)18-10-6-2)33-45(60-49)37-23-25-43(26-24-37)56(41-19-13-11-14-20-41)42-21-15-12-16-22-42/h11-16,19-28,31-33,35-36H,5-10,17-18,29-30H2,1-4H3,(H,57,58)/b40-32+. The number of nitriles is 1. The third-order valence-corrected chi connectivity index (χ3v) is 15.4. The van der Waals surface area contributed by atoms with Crippen LogP contribution in [0.4, 0.5) is 17.1 Å². The maximum atomic E-state index is 11.9. The maximum absolute atomic E-state index is 11.9. The molecule has 0 aliphatic rings. The average Bonchev–Trinajstić information content (AvgIpc) is 4.01. The fourth-order valence-corrected chi connectivity index (χ4v) is 12.0. The lowest BCUT2D eigenvalue weighted by molar-refractivity contribution is -0.132. The third-order valence-electron chi connectivity index (χ3n) is 11.6. The first-order valence-corrected chi connectivity index (χ1v) is 24.2. The van der Waals surface area contributed by atoms with Gasteiger partial charge in [-0.25, -0.2) is 4.79 Å². The summed E-state index contributed by atoms with van der Waals surface area (Å²) < 4.78 is 0. The monoisotopic (exact) mass is 862 g/mol. The van der Waals surface area contributed by atoms with E-state index in [9.17, 15) is 15.2 Å². The van der Waals surface area contributed by atoms with E-state index in [1.165, 1.54) is 58.2 Å². The van der Waals surface area contributed by atoms with Gasteiger partial charge in [0.2, 0.25) is 0 Å². The Kier molecular flexibility index (Phi) is 15.0. The number of unbranched alkanes of at least 4 members (excludes halogenated alkanes) is 2. The molecule has 7 aromatic rings. The highest BCUT2D eigenvalue weighted by molar-refractivity contribution is 7.29. The van der Waals surface area contributed by atoms with Crippen molar-refractivity contribution in [3.63, 3.8) is 0 Å². The molecule has 1 N–H and O–H groups in total. The maximum Gasteiger partial charge on any atom is 0.346 e. The molecule has 0 fully saturated rings. The van der Waals surface area contributed by atoms with Gasteiger partial charge < -0.3 is 10.0 Å². The highest BCUT2D eigenvalue weighted by atomic mass is 32.1. The molecule has 4 aromatic heterocycles. The zero-order chi connectivity index (χ0) is 42.7. The topological polar surface area (TPSA) is 90.1 Å². The summed E-state index contributed by atoms with van der Waals surface area (Å²) in [6.07, 6.45) is 16.2. The first kappa shape index (κ1) is 43.7. The number of benzene rings is 3. The fourth-order valence-electron chi connectivity index (χ4n) is 8.13. The molecule has 4 heterocycles. The molecule has 0 bridgehead atoms. The van der Waals surface area contributed by atoms with Crippen LogP contribution in [0.2, 0.25) is 0 Å². The van der Waals surface area contributed by atoms with E-state index in [2.05, 4.69) is 130 Å². The summed E-state index contributed by atoms with van der Waals surface area (Å²) >= 11 is 5.15. The van der Waals surface area contributed by atoms with Crippen molar-refractivity contribution in [2.45, 2.75) is 91.9 Å². The minimum absolute atomic E-state index is 0.265. The van der Waals surface area contributed by atoms with Gasteiger partial charge in [0.15, 0.2) is 0 Å². The molecule has 7 rings (SSSR count). The molecule has 6 nitrogen and oxygen atoms in total. The number of hydrogen-bond acceptors (Lipinski definition) is 8. The summed E-state index contributed by atoms with van der Waals surface area (Å²) in [6, 6.07) is 36.4. The van der Waals surface area contributed by atoms with Crippen LogP contribution >= 0.6 is 34.0 Å². The number of carboxylic acids is 1. The number of thiophene rings is 3. The van der Waals surface area contributed by atoms with Crippen LogP contribution in [-0.2, 0) is 17.6 Å². The molecule has 3 aromatic carbocycles. The summed E-state index contributed by atoms with van der Waals surface area (Å²) in [5.74, 6) is -0.148. The molecule has 0 aliphatic carbocycles. The molecular formula is C52H54N4O2S3. The minimum atomic E-state index is -1.21. The van der Waals surface area contributed by atoms with Gasteiger partial charge in [-0.2, -0.15) is 5.26 Å². The molecule has 9 heteroatoms. The van der Waals surface area contributed by atoms with Gasteiger partial charge in [-0.05, 0) is 96.0 Å². The van der Waals surface area contributed by atoms with Crippen LogP contribution in [0, 0.1) is 23.2 Å². The third kappa shape index (κ3) is 10.2. The molecule has 0 radical (unpaired) electrons. The number of aliphatic carboxylic acids is 1. The molecule has 0 amide bonds. The highest BCUT2D eigenvalue weighted by Gasteiger charge is 2.26. The molecule has 0 spiro atoms. The highest BCUT2D eigenvalue weighted by Crippen LogP contribution is 2.51. The number of aromatic nitrogens is 2. The molecule has 0 aliphatic heterocycles. The Bertz CT molecular complexity index is 2560. The zero-order valence-corrected chi connectivity index (χ0v) is 38.0. The lowest BCUT2D eigenvalue weighted by Gasteiger charge is -2.25. The molecular weight excluding hydrogens is 809 g/mol. The van der Waals surface area contributed by atoms with E-state index >= 15 is 0 Å². The van der Waals surface area contributed by atoms with Crippen LogP contribution in [0.5, 0.6) is 0 Å². The molecule has 0 saturated carbocycles. The predicted octanol–water partition coefficient (Wildman–Crippen LogP) is 15.8. The summed E-state index contributed by atoms with van der Waals surface area (Å²) in [5.41, 5.74) is 8.52. The number of carbonyl (C=O) groups is 1. The summed E-state index contributed by atoms with van der Waals surface area (Å²) in [7, 11) is 0. The molecule has 0 saturated heterocycles. The van der Waals surface area contributed by atoms with Crippen molar-refractivity contribution >= 4 is 74.2 Å². The smallest absolute Gasteiger partial charge is 0.346 e. The van der Waals surface area contributed by atoms with Crippen molar-refractivity contribution in [3.8, 4) is 36.0 Å². The van der Waals surface area contributed by atoms with E-state index in [1.807, 2.05) is 17.4 Å². The summed E-state index contributed by atoms with van der Waals surface area (Å²) in [6.45, 7) is 9.08. The van der Waals surface area contributed by atoms with Gasteiger partial charge >= 0.3 is 5.97 Å².